The van der Waals surface area contributed by atoms with Crippen molar-refractivity contribution in [3.8, 4) is 0 Å². The van der Waals surface area contributed by atoms with Crippen molar-refractivity contribution < 1.29 is 14.8 Å². The number of hydrogen-bond donors (Lipinski definition) is 4. The van der Waals surface area contributed by atoms with Crippen molar-refractivity contribution in [2.75, 3.05) is 10.6 Å². The minimum atomic E-state index is -0.647. The van der Waals surface area contributed by atoms with Gasteiger partial charge in [0, 0.05) is 18.2 Å². The molecule has 0 atom stereocenters. The van der Waals surface area contributed by atoms with E-state index in [0.717, 1.165) is 31.8 Å². The number of carbonyl (C=O) groups excluding carboxylic acids is 2. The van der Waals surface area contributed by atoms with Crippen molar-refractivity contribution in [1.82, 2.24) is 10.5 Å². The molecule has 1 aliphatic rings. The molecule has 1 fully saturated rings. The number of halogens is 1. The fourth-order valence-electron chi connectivity index (χ4n) is 3.27. The van der Waals surface area contributed by atoms with Crippen molar-refractivity contribution in [2.45, 2.75) is 32.1 Å². The lowest BCUT2D eigenvalue weighted by atomic mass is 9.88. The molecule has 29 heavy (non-hydrogen) atoms. The number of hydroxylamine groups is 1. The molecular weight excluding hydrogens is 392 g/mol. The zero-order valence-electron chi connectivity index (χ0n) is 15.8. The van der Waals surface area contributed by atoms with Gasteiger partial charge in [0.15, 0.2) is 0 Å². The third-order valence-electron chi connectivity index (χ3n) is 4.81. The zero-order chi connectivity index (χ0) is 20.6. The van der Waals surface area contributed by atoms with E-state index in [1.165, 1.54) is 18.0 Å². The first-order chi connectivity index (χ1) is 14.1. The molecule has 3 rings (SSSR count). The summed E-state index contributed by atoms with van der Waals surface area (Å²) in [6, 6.07) is 9.03. The summed E-state index contributed by atoms with van der Waals surface area (Å²) in [5, 5.41) is 15.0. The average molecular weight is 415 g/mol. The zero-order valence-corrected chi connectivity index (χ0v) is 16.6. The maximum absolute atomic E-state index is 12.6. The Morgan fingerprint density at radius 2 is 1.86 bits per heavy atom. The highest BCUT2D eigenvalue weighted by Crippen LogP contribution is 2.30. The van der Waals surface area contributed by atoms with Crippen LogP contribution in [0.3, 0.4) is 0 Å². The third kappa shape index (κ3) is 5.79. The number of nitrogens with one attached hydrogen (secondary N) is 3. The second kappa shape index (κ2) is 10.0. The number of rotatable bonds is 6. The van der Waals surface area contributed by atoms with E-state index in [1.54, 1.807) is 12.3 Å². The predicted molar refractivity (Wildman–Crippen MR) is 113 cm³/mol. The van der Waals surface area contributed by atoms with E-state index in [1.807, 2.05) is 24.3 Å². The van der Waals surface area contributed by atoms with E-state index in [9.17, 15) is 9.59 Å². The van der Waals surface area contributed by atoms with E-state index in [0.29, 0.717) is 27.8 Å². The third-order valence-corrected chi connectivity index (χ3v) is 5.10. The van der Waals surface area contributed by atoms with Gasteiger partial charge in [0.25, 0.3) is 5.91 Å². The highest BCUT2D eigenvalue weighted by atomic mass is 35.5. The summed E-state index contributed by atoms with van der Waals surface area (Å²) < 4.78 is 0. The smallest absolute Gasteiger partial charge is 0.267 e. The highest BCUT2D eigenvalue weighted by molar-refractivity contribution is 6.33. The maximum Gasteiger partial charge on any atom is 0.267 e. The van der Waals surface area contributed by atoms with Gasteiger partial charge < -0.3 is 10.6 Å². The standard InChI is InChI=1S/C21H23ClN4O3/c22-16-12-14(10-11-19(27)26-29)13-23-20(16)24-17-8-4-5-9-18(17)25-21(28)15-6-2-1-3-7-15/h4-5,8-13,15,29H,1-3,6-7H2,(H,23,24)(H,25,28)(H,26,27)/b11-10+. The van der Waals surface area contributed by atoms with E-state index in [2.05, 4.69) is 15.6 Å². The minimum Gasteiger partial charge on any atom is -0.337 e. The van der Waals surface area contributed by atoms with Gasteiger partial charge in [0.05, 0.1) is 16.4 Å². The number of benzene rings is 1. The van der Waals surface area contributed by atoms with Crippen LogP contribution in [0.2, 0.25) is 5.02 Å². The highest BCUT2D eigenvalue weighted by Gasteiger charge is 2.21. The molecule has 0 unspecified atom stereocenters. The molecule has 1 heterocycles. The number of anilines is 3. The van der Waals surface area contributed by atoms with Crippen LogP contribution in [-0.4, -0.2) is 22.0 Å². The molecular formula is C21H23ClN4O3. The molecule has 2 aromatic rings. The Labute approximate surface area is 174 Å². The van der Waals surface area contributed by atoms with Gasteiger partial charge in [-0.3, -0.25) is 14.8 Å². The van der Waals surface area contributed by atoms with Crippen LogP contribution in [-0.2, 0) is 9.59 Å². The summed E-state index contributed by atoms with van der Waals surface area (Å²) in [4.78, 5) is 28.0. The van der Waals surface area contributed by atoms with Gasteiger partial charge in [0.1, 0.15) is 5.82 Å². The second-order valence-corrected chi connectivity index (χ2v) is 7.31. The summed E-state index contributed by atoms with van der Waals surface area (Å²) in [5.74, 6) is -0.123. The average Bonchev–Trinajstić information content (AvgIpc) is 2.75. The Morgan fingerprint density at radius 1 is 1.14 bits per heavy atom. The first-order valence-electron chi connectivity index (χ1n) is 9.51. The van der Waals surface area contributed by atoms with Crippen molar-refractivity contribution in [2.24, 2.45) is 5.92 Å². The van der Waals surface area contributed by atoms with E-state index in [4.69, 9.17) is 16.8 Å². The summed E-state index contributed by atoms with van der Waals surface area (Å²) in [7, 11) is 0. The lowest BCUT2D eigenvalue weighted by Gasteiger charge is -2.21. The summed E-state index contributed by atoms with van der Waals surface area (Å²) >= 11 is 6.31. The minimum absolute atomic E-state index is 0.0423. The predicted octanol–water partition coefficient (Wildman–Crippen LogP) is 4.52. The monoisotopic (exact) mass is 414 g/mol. The fourth-order valence-corrected chi connectivity index (χ4v) is 3.50. The maximum atomic E-state index is 12.6. The van der Waals surface area contributed by atoms with Crippen LogP contribution in [0.15, 0.2) is 42.6 Å². The molecule has 1 aromatic carbocycles. The van der Waals surface area contributed by atoms with Gasteiger partial charge in [-0.15, -0.1) is 0 Å². The molecule has 0 saturated heterocycles. The van der Waals surface area contributed by atoms with E-state index >= 15 is 0 Å². The summed E-state index contributed by atoms with van der Waals surface area (Å²) in [6.07, 6.45) is 9.43. The Morgan fingerprint density at radius 3 is 2.55 bits per heavy atom. The summed E-state index contributed by atoms with van der Waals surface area (Å²) in [6.45, 7) is 0. The first kappa shape index (κ1) is 20.8. The number of pyridine rings is 1. The number of nitrogens with zero attached hydrogens (tertiary/aromatic N) is 1. The van der Waals surface area contributed by atoms with Gasteiger partial charge in [-0.2, -0.15) is 0 Å². The van der Waals surface area contributed by atoms with Gasteiger partial charge in [-0.1, -0.05) is 43.0 Å². The lowest BCUT2D eigenvalue weighted by molar-refractivity contribution is -0.124. The van der Waals surface area contributed by atoms with Gasteiger partial charge in [-0.25, -0.2) is 10.5 Å². The second-order valence-electron chi connectivity index (χ2n) is 6.90. The first-order valence-corrected chi connectivity index (χ1v) is 9.89. The normalized spacial score (nSPS) is 14.6. The molecule has 1 aliphatic carbocycles. The number of carbonyl (C=O) groups is 2. The van der Waals surface area contributed by atoms with Crippen LogP contribution in [0.25, 0.3) is 6.08 Å². The molecule has 1 aromatic heterocycles. The molecule has 8 heteroatoms. The van der Waals surface area contributed by atoms with Crippen LogP contribution in [0, 0.1) is 5.92 Å². The molecule has 0 radical (unpaired) electrons. The number of amides is 2. The molecule has 0 bridgehead atoms. The fraction of sp³-hybridized carbons (Fsp3) is 0.286. The molecule has 0 spiro atoms. The van der Waals surface area contributed by atoms with Crippen molar-refractivity contribution >= 4 is 46.7 Å². The molecule has 7 nitrogen and oxygen atoms in total. The van der Waals surface area contributed by atoms with E-state index < -0.39 is 5.91 Å². The Hall–Kier alpha value is -2.90. The molecule has 1 saturated carbocycles. The largest absolute Gasteiger partial charge is 0.337 e. The van der Waals surface area contributed by atoms with Gasteiger partial charge in [0.2, 0.25) is 5.91 Å². The molecule has 2 amide bonds. The molecule has 0 aliphatic heterocycles. The SMILES string of the molecule is O=C(/C=C/c1cnc(Nc2ccccc2NC(=O)C2CCCCC2)c(Cl)c1)NO. The molecule has 4 N–H and O–H groups in total. The quantitative estimate of drug-likeness (QED) is 0.316. The van der Waals surface area contributed by atoms with Crippen LogP contribution in [0.1, 0.15) is 37.7 Å². The number of aromatic nitrogens is 1. The topological polar surface area (TPSA) is 103 Å². The number of para-hydroxylation sites is 2. The van der Waals surface area contributed by atoms with E-state index in [-0.39, 0.29) is 11.8 Å². The van der Waals surface area contributed by atoms with Crippen LogP contribution >= 0.6 is 11.6 Å². The van der Waals surface area contributed by atoms with Crippen molar-refractivity contribution in [1.29, 1.82) is 0 Å². The van der Waals surface area contributed by atoms with Crippen molar-refractivity contribution in [3.63, 3.8) is 0 Å². The van der Waals surface area contributed by atoms with Crippen LogP contribution < -0.4 is 16.1 Å². The van der Waals surface area contributed by atoms with Crippen LogP contribution in [0.5, 0.6) is 0 Å². The Bertz CT molecular complexity index is 911. The summed E-state index contributed by atoms with van der Waals surface area (Å²) in [5.41, 5.74) is 3.47. The molecule has 152 valence electrons. The van der Waals surface area contributed by atoms with Crippen LogP contribution in [0.4, 0.5) is 17.2 Å². The van der Waals surface area contributed by atoms with Gasteiger partial charge >= 0.3 is 0 Å². The van der Waals surface area contributed by atoms with Gasteiger partial charge in [-0.05, 0) is 42.7 Å². The lowest BCUT2D eigenvalue weighted by Crippen LogP contribution is -2.25. The number of hydrogen-bond acceptors (Lipinski definition) is 5. The Balaban J connectivity index is 1.72. The Kier molecular flexibility index (Phi) is 7.21. The van der Waals surface area contributed by atoms with Crippen molar-refractivity contribution in [3.05, 3.63) is 53.2 Å².